The Balaban J connectivity index is 0.000000178. The van der Waals surface area contributed by atoms with Crippen LogP contribution in [0.25, 0.3) is 44.8 Å². The number of para-hydroxylation sites is 1. The van der Waals surface area contributed by atoms with Crippen molar-refractivity contribution in [1.82, 2.24) is 9.97 Å². The van der Waals surface area contributed by atoms with Crippen molar-refractivity contribution in [1.29, 1.82) is 0 Å². The summed E-state index contributed by atoms with van der Waals surface area (Å²) < 4.78 is 12.8. The third-order valence-electron chi connectivity index (χ3n) is 10.9. The molecule has 0 fully saturated rings. The molecule has 2 aromatic heterocycles. The number of aryl methyl sites for hydroxylation is 5. The van der Waals surface area contributed by atoms with Crippen LogP contribution in [0.1, 0.15) is 27.8 Å². The summed E-state index contributed by atoms with van der Waals surface area (Å²) in [6, 6.07) is 52.6. The maximum absolute atomic E-state index is 6.57. The van der Waals surface area contributed by atoms with Gasteiger partial charge in [0.1, 0.15) is 17.2 Å². The molecule has 0 unspecified atom stereocenters. The molecule has 0 atom stereocenters. The van der Waals surface area contributed by atoms with Gasteiger partial charge in [0.05, 0.1) is 0 Å². The molecule has 8 aromatic rings. The minimum Gasteiger partial charge on any atom is -0.503 e. The molecule has 10 rings (SSSR count). The van der Waals surface area contributed by atoms with Crippen molar-refractivity contribution in [3.63, 3.8) is 0 Å². The van der Waals surface area contributed by atoms with E-state index >= 15 is 0 Å². The van der Waals surface area contributed by atoms with Gasteiger partial charge in [-0.2, -0.15) is 0 Å². The van der Waals surface area contributed by atoms with Gasteiger partial charge in [-0.05, 0) is 102 Å². The first-order valence-corrected chi connectivity index (χ1v) is 19.0. The minimum atomic E-state index is 0. The fourth-order valence-corrected chi connectivity index (χ4v) is 7.94. The van der Waals surface area contributed by atoms with Gasteiger partial charge in [-0.3, -0.25) is 0 Å². The Labute approximate surface area is 349 Å². The van der Waals surface area contributed by atoms with Gasteiger partial charge in [-0.15, -0.1) is 53.0 Å². The van der Waals surface area contributed by atoms with E-state index in [1.165, 1.54) is 44.5 Å². The van der Waals surface area contributed by atoms with E-state index in [4.69, 9.17) is 14.5 Å². The van der Waals surface area contributed by atoms with Gasteiger partial charge >= 0.3 is 0 Å². The summed E-state index contributed by atoms with van der Waals surface area (Å²) in [5.41, 5.74) is 18.1. The molecule has 0 amide bonds. The van der Waals surface area contributed by atoms with Crippen molar-refractivity contribution in [2.75, 3.05) is 0 Å². The number of aromatic nitrogens is 2. The topological polar surface area (TPSA) is 44.2 Å². The number of fused-ring (bicyclic) bond motifs is 4. The molecule has 4 heterocycles. The second-order valence-electron chi connectivity index (χ2n) is 14.6. The van der Waals surface area contributed by atoms with E-state index in [2.05, 4.69) is 143 Å². The Bertz CT molecular complexity index is 2760. The normalized spacial score (nSPS) is 11.7. The van der Waals surface area contributed by atoms with E-state index in [-0.39, 0.29) is 26.8 Å². The summed E-state index contributed by atoms with van der Waals surface area (Å²) in [5, 5.41) is 0. The molecule has 6 heteroatoms. The zero-order chi connectivity index (χ0) is 38.3. The molecule has 0 N–H and O–H groups in total. The standard InChI is InChI=1S/C31H21BNO2.C20H18N.Ir/c1-19-8-5-9-20(2)29(19)21-16-17-33-25(18-21)22-10-6-12-24-31(22)35-28-15-7-14-27-30(28)32(24)23-11-3-4-13-26(23)34-27;1-14-9-10-18(20-11-15(2)16(3)13-21-20)12-19(14)17-7-5-4-6-8-17;/h3-9,11-18H,1-2H3;4-9,11-13H,1-3H3;/q2*-1;. The van der Waals surface area contributed by atoms with Gasteiger partial charge in [0, 0.05) is 43.7 Å². The van der Waals surface area contributed by atoms with Crippen LogP contribution >= 0.6 is 0 Å². The molecule has 0 bridgehead atoms. The summed E-state index contributed by atoms with van der Waals surface area (Å²) in [6.45, 7) is 10.7. The molecule has 2 aliphatic heterocycles. The monoisotopic (exact) mass is 915 g/mol. The van der Waals surface area contributed by atoms with Gasteiger partial charge in [0.25, 0.3) is 0 Å². The van der Waals surface area contributed by atoms with E-state index in [1.54, 1.807) is 0 Å². The van der Waals surface area contributed by atoms with Crippen molar-refractivity contribution in [2.24, 2.45) is 0 Å². The molecule has 0 spiro atoms. The number of ether oxygens (including phenoxy) is 2. The van der Waals surface area contributed by atoms with Crippen molar-refractivity contribution in [3.05, 3.63) is 186 Å². The van der Waals surface area contributed by atoms with Crippen molar-refractivity contribution in [3.8, 4) is 67.8 Å². The minimum absolute atomic E-state index is 0. The molecular formula is C51H39BIrN2O2-2. The average Bonchev–Trinajstić information content (AvgIpc) is 3.22. The van der Waals surface area contributed by atoms with Crippen LogP contribution in [0.4, 0.5) is 0 Å². The maximum Gasteiger partial charge on any atom is 0.241 e. The predicted octanol–water partition coefficient (Wildman–Crippen LogP) is 10.7. The predicted molar refractivity (Wildman–Crippen MR) is 229 cm³/mol. The summed E-state index contributed by atoms with van der Waals surface area (Å²) in [6.07, 6.45) is 3.81. The number of nitrogens with zero attached hydrogens (tertiary/aromatic N) is 2. The zero-order valence-corrected chi connectivity index (χ0v) is 34.9. The first-order valence-electron chi connectivity index (χ1n) is 19.0. The average molecular weight is 915 g/mol. The summed E-state index contributed by atoms with van der Waals surface area (Å²) in [7, 11) is 0. The van der Waals surface area contributed by atoms with Gasteiger partial charge in [-0.25, -0.2) is 0 Å². The second-order valence-corrected chi connectivity index (χ2v) is 14.6. The Hall–Kier alpha value is -6.07. The molecule has 279 valence electrons. The summed E-state index contributed by atoms with van der Waals surface area (Å²) in [5.74, 6) is 3.37. The van der Waals surface area contributed by atoms with E-state index in [9.17, 15) is 0 Å². The molecule has 0 saturated heterocycles. The van der Waals surface area contributed by atoms with Crippen molar-refractivity contribution < 1.29 is 29.6 Å². The summed E-state index contributed by atoms with van der Waals surface area (Å²) in [4.78, 5) is 9.29. The van der Waals surface area contributed by atoms with Gasteiger partial charge in [-0.1, -0.05) is 109 Å². The molecule has 2 aliphatic rings. The van der Waals surface area contributed by atoms with E-state index < -0.39 is 0 Å². The van der Waals surface area contributed by atoms with Gasteiger partial charge < -0.3 is 19.4 Å². The first-order chi connectivity index (χ1) is 27.3. The van der Waals surface area contributed by atoms with Crippen molar-refractivity contribution in [2.45, 2.75) is 34.6 Å². The number of pyridine rings is 2. The molecular weight excluding hydrogens is 876 g/mol. The Morgan fingerprint density at radius 1 is 0.544 bits per heavy atom. The smallest absolute Gasteiger partial charge is 0.241 e. The van der Waals surface area contributed by atoms with Crippen LogP contribution in [0.3, 0.4) is 0 Å². The van der Waals surface area contributed by atoms with Gasteiger partial charge in [0.2, 0.25) is 6.71 Å². The molecule has 1 radical (unpaired) electrons. The maximum atomic E-state index is 6.57. The van der Waals surface area contributed by atoms with E-state index in [1.807, 2.05) is 54.9 Å². The zero-order valence-electron chi connectivity index (χ0n) is 32.5. The third kappa shape index (κ3) is 7.12. The van der Waals surface area contributed by atoms with Crippen LogP contribution < -0.4 is 25.9 Å². The van der Waals surface area contributed by atoms with Crippen LogP contribution in [0.5, 0.6) is 23.0 Å². The fraction of sp³-hybridized carbons (Fsp3) is 0.0980. The van der Waals surface area contributed by atoms with Crippen molar-refractivity contribution >= 4 is 23.1 Å². The first kappa shape index (κ1) is 37.8. The number of rotatable bonds is 4. The van der Waals surface area contributed by atoms with Crippen LogP contribution in [0, 0.1) is 46.8 Å². The van der Waals surface area contributed by atoms with E-state index in [0.717, 1.165) is 67.5 Å². The quantitative estimate of drug-likeness (QED) is 0.130. The molecule has 4 nitrogen and oxygen atoms in total. The Kier molecular flexibility index (Phi) is 10.5. The fourth-order valence-electron chi connectivity index (χ4n) is 7.94. The third-order valence-corrected chi connectivity index (χ3v) is 10.9. The number of hydrogen-bond acceptors (Lipinski definition) is 4. The summed E-state index contributed by atoms with van der Waals surface area (Å²) >= 11 is 0. The van der Waals surface area contributed by atoms with Crippen LogP contribution in [-0.4, -0.2) is 16.7 Å². The van der Waals surface area contributed by atoms with Crippen LogP contribution in [-0.2, 0) is 20.1 Å². The largest absolute Gasteiger partial charge is 0.503 e. The molecule has 6 aromatic carbocycles. The van der Waals surface area contributed by atoms with Gasteiger partial charge in [0.15, 0.2) is 0 Å². The molecule has 0 aliphatic carbocycles. The number of benzene rings is 6. The molecule has 0 saturated carbocycles. The SMILES string of the molecule is Cc1cccc(C)c1-c1ccnc(-c2[c-]ccc3c2Oc2cccc4c2B3c2ccccc2O4)c1.Cc1cnc(-c2[c-]cc(C)c(-c3ccccc3)c2)cc1C.[Ir]. The number of hydrogen-bond donors (Lipinski definition) is 0. The van der Waals surface area contributed by atoms with E-state index in [0.29, 0.717) is 0 Å². The Morgan fingerprint density at radius 3 is 2.05 bits per heavy atom. The molecule has 57 heavy (non-hydrogen) atoms. The second kappa shape index (κ2) is 15.8. The Morgan fingerprint density at radius 2 is 1.26 bits per heavy atom. The van der Waals surface area contributed by atoms with Crippen LogP contribution in [0.2, 0.25) is 0 Å². The van der Waals surface area contributed by atoms with Crippen LogP contribution in [0.15, 0.2) is 146 Å².